The van der Waals surface area contributed by atoms with E-state index in [0.29, 0.717) is 0 Å². The van der Waals surface area contributed by atoms with Crippen molar-refractivity contribution in [2.45, 2.75) is 19.2 Å². The Morgan fingerprint density at radius 2 is 1.85 bits per heavy atom. The molecule has 4 nitrogen and oxygen atoms in total. The number of rotatable bonds is 5. The number of benzene rings is 1. The molecule has 0 saturated heterocycles. The highest BCUT2D eigenvalue weighted by molar-refractivity contribution is 5.92. The van der Waals surface area contributed by atoms with Gasteiger partial charge in [0.05, 0.1) is 5.56 Å². The lowest BCUT2D eigenvalue weighted by atomic mass is 10.1. The van der Waals surface area contributed by atoms with Crippen molar-refractivity contribution in [1.29, 1.82) is 0 Å². The van der Waals surface area contributed by atoms with Gasteiger partial charge in [-0.15, -0.1) is 0 Å². The molecule has 1 rings (SSSR count). The highest BCUT2D eigenvalue weighted by Gasteiger charge is 2.33. The monoisotopic (exact) mass is 287 g/mol. The first kappa shape index (κ1) is 15.7. The average Bonchev–Trinajstić information content (AvgIpc) is 2.34. The summed E-state index contributed by atoms with van der Waals surface area (Å²) in [6, 6.07) is 4.61. The van der Waals surface area contributed by atoms with Crippen LogP contribution in [0.3, 0.4) is 0 Å². The van der Waals surface area contributed by atoms with Crippen LogP contribution in [0.25, 0.3) is 0 Å². The fourth-order valence-electron chi connectivity index (χ4n) is 1.41. The minimum absolute atomic E-state index is 0.227. The number of halogens is 3. The number of carboxylic acids is 1. The van der Waals surface area contributed by atoms with Crippen molar-refractivity contribution in [2.24, 2.45) is 0 Å². The molecule has 1 aromatic carbocycles. The second-order valence-electron chi connectivity index (χ2n) is 3.88. The van der Waals surface area contributed by atoms with Gasteiger partial charge in [-0.1, -0.05) is 24.8 Å². The van der Waals surface area contributed by atoms with Gasteiger partial charge in [-0.25, -0.2) is 4.79 Å². The van der Waals surface area contributed by atoms with E-state index in [1.165, 1.54) is 12.1 Å². The number of esters is 1. The van der Waals surface area contributed by atoms with E-state index in [1.807, 2.05) is 0 Å². The third kappa shape index (κ3) is 4.42. The van der Waals surface area contributed by atoms with Crippen molar-refractivity contribution >= 4 is 11.9 Å². The number of hydrogen-bond acceptors (Lipinski definition) is 4. The summed E-state index contributed by atoms with van der Waals surface area (Å²) in [5.74, 6) is -2.60. The Hall–Kier alpha value is -2.31. The molecule has 20 heavy (non-hydrogen) atoms. The predicted molar refractivity (Wildman–Crippen MR) is 60.0 cm³/mol. The quantitative estimate of drug-likeness (QED) is 0.607. The van der Waals surface area contributed by atoms with Crippen molar-refractivity contribution in [2.75, 3.05) is 0 Å². The number of carboxylic acid groups (broad SMARTS) is 1. The summed E-state index contributed by atoms with van der Waals surface area (Å²) in [6.45, 7) is 2.54. The Bertz CT molecular complexity index is 535. The lowest BCUT2D eigenvalue weighted by Crippen LogP contribution is -2.24. The van der Waals surface area contributed by atoms with E-state index < -0.39 is 42.3 Å². The number of carbonyl (C=O) groups excluding carboxylic acids is 2. The van der Waals surface area contributed by atoms with Gasteiger partial charge in [0.1, 0.15) is 6.61 Å². The highest BCUT2D eigenvalue weighted by atomic mass is 19.4. The fraction of sp³-hybridized carbons (Fsp3) is 0.231. The maximum atomic E-state index is 12.7. The van der Waals surface area contributed by atoms with Gasteiger partial charge in [0.2, 0.25) is 0 Å². The van der Waals surface area contributed by atoms with Crippen LogP contribution in [0.4, 0.5) is 13.2 Å². The number of aliphatic carboxylic acids is 1. The van der Waals surface area contributed by atoms with Crippen molar-refractivity contribution in [3.63, 3.8) is 0 Å². The van der Waals surface area contributed by atoms with Crippen LogP contribution in [-0.2, 0) is 27.1 Å². The fourth-order valence-corrected chi connectivity index (χ4v) is 1.41. The van der Waals surface area contributed by atoms with Crippen LogP contribution in [0.5, 0.6) is 0 Å². The van der Waals surface area contributed by atoms with Crippen LogP contribution in [0.15, 0.2) is 36.4 Å². The van der Waals surface area contributed by atoms with Crippen LogP contribution in [0, 0.1) is 0 Å². The van der Waals surface area contributed by atoms with Crippen molar-refractivity contribution < 1.29 is 32.6 Å². The first-order valence-electron chi connectivity index (χ1n) is 5.41. The Kier molecular flexibility index (Phi) is 4.90. The summed E-state index contributed by atoms with van der Waals surface area (Å²) in [5.41, 5.74) is -1.54. The van der Waals surface area contributed by atoms with Gasteiger partial charge in [-0.2, -0.15) is 13.2 Å². The largest absolute Gasteiger partial charge is 0.550 e. The van der Waals surface area contributed by atoms with Crippen LogP contribution in [0.1, 0.15) is 17.5 Å². The maximum absolute atomic E-state index is 12.7. The third-order valence-corrected chi connectivity index (χ3v) is 2.33. The van der Waals surface area contributed by atoms with E-state index in [9.17, 15) is 27.9 Å². The van der Waals surface area contributed by atoms with Gasteiger partial charge in [0, 0.05) is 23.5 Å². The Labute approximate surface area is 112 Å². The van der Waals surface area contributed by atoms with Crippen molar-refractivity contribution in [3.8, 4) is 0 Å². The van der Waals surface area contributed by atoms with E-state index in [-0.39, 0.29) is 5.56 Å². The molecule has 0 saturated carbocycles. The average molecular weight is 287 g/mol. The molecule has 0 aliphatic heterocycles. The molecule has 0 aliphatic rings. The predicted octanol–water partition coefficient (Wildman–Crippen LogP) is 1.44. The molecule has 0 unspecified atom stereocenters. The Balaban J connectivity index is 2.74. The SMILES string of the molecule is C=C(CC(=O)[O-])C(=O)OCc1ccccc1C(F)(F)F. The molecule has 0 atom stereocenters. The molecule has 0 aromatic heterocycles. The van der Waals surface area contributed by atoms with E-state index in [1.54, 1.807) is 0 Å². The number of carbonyl (C=O) groups is 2. The summed E-state index contributed by atoms with van der Waals surface area (Å²) in [7, 11) is 0. The molecule has 0 radical (unpaired) electrons. The minimum atomic E-state index is -4.56. The number of ether oxygens (including phenoxy) is 1. The molecular formula is C13H10F3O4-. The van der Waals surface area contributed by atoms with Crippen LogP contribution in [-0.4, -0.2) is 11.9 Å². The lowest BCUT2D eigenvalue weighted by Gasteiger charge is -2.13. The van der Waals surface area contributed by atoms with Gasteiger partial charge in [0.15, 0.2) is 0 Å². The molecule has 1 aromatic rings. The number of hydrogen-bond donors (Lipinski definition) is 0. The molecule has 0 aliphatic carbocycles. The van der Waals surface area contributed by atoms with Gasteiger partial charge < -0.3 is 14.6 Å². The first-order valence-corrected chi connectivity index (χ1v) is 5.41. The second-order valence-corrected chi connectivity index (χ2v) is 3.88. The zero-order valence-electron chi connectivity index (χ0n) is 10.2. The van der Waals surface area contributed by atoms with E-state index in [0.717, 1.165) is 12.1 Å². The maximum Gasteiger partial charge on any atom is 0.416 e. The first-order chi connectivity index (χ1) is 9.21. The summed E-state index contributed by atoms with van der Waals surface area (Å²) in [4.78, 5) is 21.6. The molecular weight excluding hydrogens is 277 g/mol. The zero-order valence-corrected chi connectivity index (χ0v) is 10.2. The summed E-state index contributed by atoms with van der Waals surface area (Å²) >= 11 is 0. The summed E-state index contributed by atoms with van der Waals surface area (Å²) in [6.07, 6.45) is -5.30. The van der Waals surface area contributed by atoms with Crippen LogP contribution in [0.2, 0.25) is 0 Å². The van der Waals surface area contributed by atoms with Gasteiger partial charge in [-0.05, 0) is 6.07 Å². The molecule has 0 spiro atoms. The molecule has 0 fully saturated rings. The number of alkyl halides is 3. The molecule has 7 heteroatoms. The van der Waals surface area contributed by atoms with Crippen molar-refractivity contribution in [3.05, 3.63) is 47.5 Å². The summed E-state index contributed by atoms with van der Waals surface area (Å²) < 4.78 is 42.6. The molecule has 108 valence electrons. The van der Waals surface area contributed by atoms with Gasteiger partial charge in [-0.3, -0.25) is 0 Å². The molecule has 0 heterocycles. The highest BCUT2D eigenvalue weighted by Crippen LogP contribution is 2.32. The Morgan fingerprint density at radius 1 is 1.25 bits per heavy atom. The molecule has 0 bridgehead atoms. The van der Waals surface area contributed by atoms with Gasteiger partial charge in [0.25, 0.3) is 0 Å². The summed E-state index contributed by atoms with van der Waals surface area (Å²) in [5, 5.41) is 10.2. The standard InChI is InChI=1S/C13H11F3O4/c1-8(6-11(17)18)12(19)20-7-9-4-2-3-5-10(9)13(14,15)16/h2-5H,1,6-7H2,(H,17,18)/p-1. The zero-order chi connectivity index (χ0) is 15.3. The third-order valence-electron chi connectivity index (χ3n) is 2.33. The topological polar surface area (TPSA) is 66.4 Å². The lowest BCUT2D eigenvalue weighted by molar-refractivity contribution is -0.304. The molecule has 0 N–H and O–H groups in total. The van der Waals surface area contributed by atoms with E-state index in [2.05, 4.69) is 11.3 Å². The second kappa shape index (κ2) is 6.23. The normalized spacial score (nSPS) is 10.9. The van der Waals surface area contributed by atoms with Crippen LogP contribution >= 0.6 is 0 Å². The van der Waals surface area contributed by atoms with E-state index >= 15 is 0 Å². The molecule has 0 amide bonds. The Morgan fingerprint density at radius 3 is 2.40 bits per heavy atom. The van der Waals surface area contributed by atoms with Crippen molar-refractivity contribution in [1.82, 2.24) is 0 Å². The van der Waals surface area contributed by atoms with E-state index in [4.69, 9.17) is 0 Å². The smallest absolute Gasteiger partial charge is 0.416 e. The van der Waals surface area contributed by atoms with Crippen LogP contribution < -0.4 is 5.11 Å². The minimum Gasteiger partial charge on any atom is -0.550 e. The van der Waals surface area contributed by atoms with Gasteiger partial charge >= 0.3 is 12.1 Å².